The van der Waals surface area contributed by atoms with Crippen molar-refractivity contribution in [2.45, 2.75) is 30.3 Å². The molecule has 0 unspecified atom stereocenters. The van der Waals surface area contributed by atoms with Crippen LogP contribution in [0.5, 0.6) is 11.5 Å². The van der Waals surface area contributed by atoms with Crippen LogP contribution in [0.15, 0.2) is 52.9 Å². The molecule has 1 aromatic carbocycles. The van der Waals surface area contributed by atoms with E-state index in [1.807, 2.05) is 24.3 Å². The molecule has 0 aromatic heterocycles. The molecule has 1 amide bonds. The predicted octanol–water partition coefficient (Wildman–Crippen LogP) is 3.69. The topological polar surface area (TPSA) is 89.5 Å². The van der Waals surface area contributed by atoms with Gasteiger partial charge in [0.15, 0.2) is 11.5 Å². The summed E-state index contributed by atoms with van der Waals surface area (Å²) >= 11 is 1.46. The number of benzene rings is 1. The van der Waals surface area contributed by atoms with Gasteiger partial charge in [0.05, 0.1) is 21.3 Å². The van der Waals surface area contributed by atoms with Crippen LogP contribution >= 0.6 is 11.9 Å². The number of allylic oxidation sites excluding steroid dienone is 4. The van der Waals surface area contributed by atoms with Gasteiger partial charge in [-0.3, -0.25) is 10.0 Å². The number of nitrogens with one attached hydrogen (secondary N) is 1. The Morgan fingerprint density at radius 3 is 2.42 bits per heavy atom. The number of nitrogens with zero attached hydrogens (tertiary/aromatic N) is 1. The Morgan fingerprint density at radius 2 is 1.77 bits per heavy atom. The van der Waals surface area contributed by atoms with E-state index in [0.717, 1.165) is 43.9 Å². The fourth-order valence-electron chi connectivity index (χ4n) is 3.46. The first-order valence-corrected chi connectivity index (χ1v) is 10.8. The monoisotopic (exact) mass is 448 g/mol. The van der Waals surface area contributed by atoms with Crippen LogP contribution in [0.4, 0.5) is 0 Å². The van der Waals surface area contributed by atoms with Crippen molar-refractivity contribution >= 4 is 17.9 Å². The van der Waals surface area contributed by atoms with E-state index in [0.29, 0.717) is 10.6 Å². The van der Waals surface area contributed by atoms with E-state index < -0.39 is 5.91 Å². The summed E-state index contributed by atoms with van der Waals surface area (Å²) in [5.41, 5.74) is 1.94. The van der Waals surface area contributed by atoms with Crippen molar-refractivity contribution in [1.82, 2.24) is 9.79 Å². The SMILES string of the molecule is COC1=CCC=C(OC2CCN(Sc3ccc(OC)c(OC)c3C(=O)NO)CC2)C=C1. The Hall–Kier alpha value is -2.62. The number of hydroxylamine groups is 1. The Balaban J connectivity index is 1.62. The molecule has 1 heterocycles. The first-order valence-electron chi connectivity index (χ1n) is 10.0. The molecule has 0 bridgehead atoms. The smallest absolute Gasteiger partial charge is 0.279 e. The van der Waals surface area contributed by atoms with Gasteiger partial charge in [-0.05, 0) is 67.6 Å². The van der Waals surface area contributed by atoms with Crippen LogP contribution in [0.3, 0.4) is 0 Å². The molecule has 8 nitrogen and oxygen atoms in total. The molecule has 1 aliphatic heterocycles. The number of amides is 1. The second-order valence-electron chi connectivity index (χ2n) is 6.94. The molecule has 31 heavy (non-hydrogen) atoms. The van der Waals surface area contributed by atoms with E-state index in [-0.39, 0.29) is 17.4 Å². The minimum atomic E-state index is -0.646. The average Bonchev–Trinajstić information content (AvgIpc) is 3.04. The zero-order chi connectivity index (χ0) is 22.2. The van der Waals surface area contributed by atoms with Gasteiger partial charge in [0.1, 0.15) is 23.2 Å². The van der Waals surface area contributed by atoms with Crippen molar-refractivity contribution < 1.29 is 28.9 Å². The van der Waals surface area contributed by atoms with Crippen LogP contribution in [-0.4, -0.2) is 55.9 Å². The second kappa shape index (κ2) is 11.1. The molecule has 3 rings (SSSR count). The van der Waals surface area contributed by atoms with E-state index in [4.69, 9.17) is 18.9 Å². The molecule has 0 radical (unpaired) electrons. The Bertz CT molecular complexity index is 875. The summed E-state index contributed by atoms with van der Waals surface area (Å²) in [6, 6.07) is 3.54. The van der Waals surface area contributed by atoms with Gasteiger partial charge in [-0.15, -0.1) is 0 Å². The van der Waals surface area contributed by atoms with Crippen molar-refractivity contribution in [2.24, 2.45) is 0 Å². The third kappa shape index (κ3) is 5.75. The van der Waals surface area contributed by atoms with Gasteiger partial charge in [-0.1, -0.05) is 0 Å². The summed E-state index contributed by atoms with van der Waals surface area (Å²) in [5, 5.41) is 9.19. The van der Waals surface area contributed by atoms with Crippen molar-refractivity contribution in [3.63, 3.8) is 0 Å². The fourth-order valence-corrected chi connectivity index (χ4v) is 4.54. The highest BCUT2D eigenvalue weighted by Gasteiger charge is 2.26. The van der Waals surface area contributed by atoms with Crippen molar-refractivity contribution in [2.75, 3.05) is 34.4 Å². The number of methoxy groups -OCH3 is 3. The number of rotatable bonds is 8. The van der Waals surface area contributed by atoms with E-state index in [1.54, 1.807) is 24.7 Å². The molecule has 168 valence electrons. The van der Waals surface area contributed by atoms with Gasteiger partial charge >= 0.3 is 0 Å². The summed E-state index contributed by atoms with van der Waals surface area (Å²) in [7, 11) is 4.62. The number of carbonyl (C=O) groups is 1. The molecular weight excluding hydrogens is 420 g/mol. The van der Waals surface area contributed by atoms with Gasteiger partial charge in [0.2, 0.25) is 0 Å². The number of ether oxygens (including phenoxy) is 4. The summed E-state index contributed by atoms with van der Waals surface area (Å²) in [6.45, 7) is 1.59. The average molecular weight is 449 g/mol. The largest absolute Gasteiger partial charge is 0.497 e. The van der Waals surface area contributed by atoms with Gasteiger partial charge in [-0.25, -0.2) is 9.79 Å². The lowest BCUT2D eigenvalue weighted by Crippen LogP contribution is -2.33. The summed E-state index contributed by atoms with van der Waals surface area (Å²) in [5.74, 6) is 1.75. The number of piperidine rings is 1. The molecule has 2 N–H and O–H groups in total. The maximum absolute atomic E-state index is 12.3. The van der Waals surface area contributed by atoms with E-state index in [9.17, 15) is 10.0 Å². The third-order valence-corrected chi connectivity index (χ3v) is 6.21. The van der Waals surface area contributed by atoms with Crippen molar-refractivity contribution in [1.29, 1.82) is 0 Å². The molecule has 1 saturated heterocycles. The second-order valence-corrected chi connectivity index (χ2v) is 8.08. The first kappa shape index (κ1) is 23.1. The van der Waals surface area contributed by atoms with Crippen molar-refractivity contribution in [3.05, 3.63) is 53.5 Å². The number of hydrogen-bond acceptors (Lipinski definition) is 8. The highest BCUT2D eigenvalue weighted by atomic mass is 32.2. The summed E-state index contributed by atoms with van der Waals surface area (Å²) < 4.78 is 24.3. The summed E-state index contributed by atoms with van der Waals surface area (Å²) in [4.78, 5) is 13.0. The fraction of sp³-hybridized carbons (Fsp3) is 0.409. The number of carbonyl (C=O) groups excluding carboxylic acids is 1. The molecule has 1 fully saturated rings. The van der Waals surface area contributed by atoms with Crippen LogP contribution in [-0.2, 0) is 9.47 Å². The molecule has 1 aromatic rings. The van der Waals surface area contributed by atoms with Crippen LogP contribution in [0.25, 0.3) is 0 Å². The lowest BCUT2D eigenvalue weighted by atomic mass is 10.1. The van der Waals surface area contributed by atoms with Gasteiger partial charge in [0.25, 0.3) is 5.91 Å². The van der Waals surface area contributed by atoms with Crippen LogP contribution in [0.2, 0.25) is 0 Å². The normalized spacial score (nSPS) is 17.3. The highest BCUT2D eigenvalue weighted by Crippen LogP contribution is 2.39. The van der Waals surface area contributed by atoms with Crippen LogP contribution in [0.1, 0.15) is 29.6 Å². The van der Waals surface area contributed by atoms with Gasteiger partial charge < -0.3 is 18.9 Å². The molecule has 9 heteroatoms. The van der Waals surface area contributed by atoms with E-state index in [1.165, 1.54) is 26.2 Å². The molecule has 0 saturated carbocycles. The molecular formula is C22H28N2O6S. The third-order valence-electron chi connectivity index (χ3n) is 5.05. The Kier molecular flexibility index (Phi) is 8.27. The minimum absolute atomic E-state index is 0.127. The molecule has 1 aliphatic carbocycles. The van der Waals surface area contributed by atoms with E-state index >= 15 is 0 Å². The zero-order valence-electron chi connectivity index (χ0n) is 17.9. The predicted molar refractivity (Wildman–Crippen MR) is 117 cm³/mol. The van der Waals surface area contributed by atoms with E-state index in [2.05, 4.69) is 4.31 Å². The van der Waals surface area contributed by atoms with Crippen molar-refractivity contribution in [3.8, 4) is 11.5 Å². The quantitative estimate of drug-likeness (QED) is 0.354. The zero-order valence-corrected chi connectivity index (χ0v) is 18.7. The minimum Gasteiger partial charge on any atom is -0.497 e. The van der Waals surface area contributed by atoms with Gasteiger partial charge in [0, 0.05) is 18.0 Å². The van der Waals surface area contributed by atoms with Crippen LogP contribution in [0, 0.1) is 0 Å². The Labute approximate surface area is 186 Å². The maximum Gasteiger partial charge on any atom is 0.279 e. The van der Waals surface area contributed by atoms with Gasteiger partial charge in [-0.2, -0.15) is 0 Å². The molecule has 0 spiro atoms. The number of hydrogen-bond donors (Lipinski definition) is 2. The highest BCUT2D eigenvalue weighted by molar-refractivity contribution is 7.97. The standard InChI is InChI=1S/C22H28N2O6S/c1-27-15-5-4-6-16(8-7-15)30-17-11-13-24(14-12-17)31-19-10-9-18(28-2)21(29-3)20(19)22(25)23-26/h5-10,17,26H,4,11-14H2,1-3H3,(H,23,25). The van der Waals surface area contributed by atoms with Crippen LogP contribution < -0.4 is 15.0 Å². The Morgan fingerprint density at radius 1 is 1.06 bits per heavy atom. The maximum atomic E-state index is 12.3. The molecule has 2 aliphatic rings. The first-order chi connectivity index (χ1) is 15.1. The summed E-state index contributed by atoms with van der Waals surface area (Å²) in [6.07, 6.45) is 10.5. The lowest BCUT2D eigenvalue weighted by Gasteiger charge is -2.31. The molecule has 0 atom stereocenters. The lowest BCUT2D eigenvalue weighted by molar-refractivity contribution is 0.0698.